The summed E-state index contributed by atoms with van der Waals surface area (Å²) in [4.78, 5) is 14.6. The van der Waals surface area contributed by atoms with Crippen LogP contribution in [-0.4, -0.2) is 43.3 Å². The molecular weight excluding hydrogens is 376 g/mol. The highest BCUT2D eigenvalue weighted by Gasteiger charge is 2.18. The minimum Gasteiger partial charge on any atom is -0.494 e. The van der Waals surface area contributed by atoms with Crippen molar-refractivity contribution < 1.29 is 19.6 Å². The molecule has 2 N–H and O–H groups in total. The first-order valence-electron chi connectivity index (χ1n) is 12.2. The van der Waals surface area contributed by atoms with Gasteiger partial charge in [-0.3, -0.25) is 4.90 Å². The Morgan fingerprint density at radius 2 is 1.60 bits per heavy atom. The maximum Gasteiger partial charge on any atom is 0.518 e. The Balaban J connectivity index is 1.55. The van der Waals surface area contributed by atoms with Crippen LogP contribution < -0.4 is 10.1 Å². The van der Waals surface area contributed by atoms with Crippen LogP contribution in [0.15, 0.2) is 24.3 Å². The standard InChI is InChI=1S/C25H42N2O3/c1-3-4-5-6-7-8-9-13-20-29-24-16-14-23(15-17-24)26-25(28)30-22(2)21-27-18-11-10-12-19-27/h14-17,22H,3-13,18-21H2,1-2H3,(H,26,28)/p+1/t22-/m1/s1. The second-order valence-corrected chi connectivity index (χ2v) is 8.65. The van der Waals surface area contributed by atoms with Gasteiger partial charge in [0, 0.05) is 18.7 Å². The molecule has 5 heteroatoms. The van der Waals surface area contributed by atoms with Crippen molar-refractivity contribution in [3.63, 3.8) is 0 Å². The molecule has 1 aliphatic rings. The maximum atomic E-state index is 12.2. The minimum atomic E-state index is -0.271. The van der Waals surface area contributed by atoms with E-state index in [0.29, 0.717) is 0 Å². The predicted molar refractivity (Wildman–Crippen MR) is 122 cm³/mol. The Hall–Kier alpha value is -1.59. The highest BCUT2D eigenvalue weighted by molar-refractivity contribution is 5.59. The summed E-state index contributed by atoms with van der Waals surface area (Å²) in [5.74, 6) is 0.863. The van der Waals surface area contributed by atoms with E-state index < -0.39 is 0 Å². The molecule has 170 valence electrons. The van der Waals surface area contributed by atoms with Crippen LogP contribution in [0, 0.1) is 0 Å². The Kier molecular flexibility index (Phi) is 12.5. The van der Waals surface area contributed by atoms with Crippen LogP contribution in [0.3, 0.4) is 0 Å². The van der Waals surface area contributed by atoms with Crippen LogP contribution >= 0.6 is 0 Å². The molecule has 0 aliphatic carbocycles. The number of ether oxygens (including phenoxy) is 2. The zero-order valence-corrected chi connectivity index (χ0v) is 19.2. The lowest BCUT2D eigenvalue weighted by atomic mass is 10.1. The quantitative estimate of drug-likeness (QED) is 0.323. The van der Waals surface area contributed by atoms with Crippen LogP contribution in [0.4, 0.5) is 10.5 Å². The van der Waals surface area contributed by atoms with Crippen molar-refractivity contribution in [1.29, 1.82) is 0 Å². The van der Waals surface area contributed by atoms with Gasteiger partial charge in [-0.2, -0.15) is 4.79 Å². The van der Waals surface area contributed by atoms with E-state index in [1.165, 1.54) is 64.2 Å². The summed E-state index contributed by atoms with van der Waals surface area (Å²) in [6.45, 7) is 8.05. The number of rotatable bonds is 14. The van der Waals surface area contributed by atoms with E-state index >= 15 is 0 Å². The van der Waals surface area contributed by atoms with Crippen LogP contribution in [0.2, 0.25) is 0 Å². The zero-order chi connectivity index (χ0) is 21.4. The number of hydrogen-bond acceptors (Lipinski definition) is 4. The van der Waals surface area contributed by atoms with Gasteiger partial charge in [0.15, 0.2) is 0 Å². The SMILES string of the molecule is CCCCCCCCCCOc1ccc([NH2+]C(=O)O[C@H](C)CN2CCCCC2)cc1. The second kappa shape index (κ2) is 15.2. The topological polar surface area (TPSA) is 55.4 Å². The van der Waals surface area contributed by atoms with Crippen molar-refractivity contribution in [1.82, 2.24) is 4.90 Å². The van der Waals surface area contributed by atoms with Crippen LogP contribution in [-0.2, 0) is 4.74 Å². The summed E-state index contributed by atoms with van der Waals surface area (Å²) in [6, 6.07) is 7.70. The molecule has 0 unspecified atom stereocenters. The van der Waals surface area contributed by atoms with Crippen molar-refractivity contribution in [2.45, 2.75) is 90.6 Å². The van der Waals surface area contributed by atoms with Crippen molar-refractivity contribution in [2.75, 3.05) is 26.2 Å². The van der Waals surface area contributed by atoms with Gasteiger partial charge in [-0.25, -0.2) is 5.32 Å². The third-order valence-corrected chi connectivity index (χ3v) is 5.71. The van der Waals surface area contributed by atoms with Crippen molar-refractivity contribution in [3.8, 4) is 5.75 Å². The van der Waals surface area contributed by atoms with Crippen molar-refractivity contribution in [3.05, 3.63) is 24.3 Å². The first-order valence-corrected chi connectivity index (χ1v) is 12.2. The fraction of sp³-hybridized carbons (Fsp3) is 0.720. The highest BCUT2D eigenvalue weighted by Crippen LogP contribution is 2.14. The number of piperidine rings is 1. The first kappa shape index (κ1) is 24.7. The molecule has 2 rings (SSSR count). The lowest BCUT2D eigenvalue weighted by Crippen LogP contribution is -2.82. The number of nitrogens with zero attached hydrogens (tertiary/aromatic N) is 1. The van der Waals surface area contributed by atoms with Gasteiger partial charge >= 0.3 is 6.09 Å². The molecule has 1 saturated heterocycles. The summed E-state index contributed by atoms with van der Waals surface area (Å²) in [7, 11) is 0. The Morgan fingerprint density at radius 1 is 0.967 bits per heavy atom. The minimum absolute atomic E-state index is 0.0823. The number of carbonyl (C=O) groups excluding carboxylic acids is 1. The molecule has 0 bridgehead atoms. The number of hydrogen-bond donors (Lipinski definition) is 1. The summed E-state index contributed by atoms with van der Waals surface area (Å²) in [5.41, 5.74) is 0.851. The van der Waals surface area contributed by atoms with Gasteiger partial charge in [-0.1, -0.05) is 58.3 Å². The summed E-state index contributed by atoms with van der Waals surface area (Å²) >= 11 is 0. The molecule has 1 aromatic rings. The van der Waals surface area contributed by atoms with Gasteiger partial charge in [-0.05, 0) is 51.4 Å². The van der Waals surface area contributed by atoms with E-state index in [0.717, 1.165) is 44.1 Å². The molecule has 1 fully saturated rings. The molecule has 0 aromatic heterocycles. The number of quaternary nitrogens is 1. The predicted octanol–water partition coefficient (Wildman–Crippen LogP) is 5.41. The number of primary amides is 1. The highest BCUT2D eigenvalue weighted by atomic mass is 16.6. The average Bonchev–Trinajstić information content (AvgIpc) is 2.74. The molecule has 1 heterocycles. The van der Waals surface area contributed by atoms with Gasteiger partial charge in [0.25, 0.3) is 0 Å². The molecule has 1 atom stereocenters. The Bertz CT molecular complexity index is 570. The van der Waals surface area contributed by atoms with Gasteiger partial charge in [0.05, 0.1) is 6.61 Å². The lowest BCUT2D eigenvalue weighted by molar-refractivity contribution is -0.484. The molecule has 5 nitrogen and oxygen atoms in total. The van der Waals surface area contributed by atoms with E-state index in [-0.39, 0.29) is 12.2 Å². The average molecular weight is 420 g/mol. The molecular formula is C25H43N2O3+. The molecule has 1 aliphatic heterocycles. The van der Waals surface area contributed by atoms with Crippen LogP contribution in [0.5, 0.6) is 5.75 Å². The number of likely N-dealkylation sites (tertiary alicyclic amines) is 1. The summed E-state index contributed by atoms with van der Waals surface area (Å²) < 4.78 is 11.4. The first-order chi connectivity index (χ1) is 14.7. The van der Waals surface area contributed by atoms with E-state index in [9.17, 15) is 4.79 Å². The summed E-state index contributed by atoms with van der Waals surface area (Å²) in [5, 5.41) is 1.56. The third kappa shape index (κ3) is 11.0. The fourth-order valence-corrected chi connectivity index (χ4v) is 4.00. The van der Waals surface area contributed by atoms with Crippen LogP contribution in [0.25, 0.3) is 0 Å². The largest absolute Gasteiger partial charge is 0.518 e. The van der Waals surface area contributed by atoms with Gasteiger partial charge in [0.2, 0.25) is 0 Å². The van der Waals surface area contributed by atoms with E-state index in [2.05, 4.69) is 11.8 Å². The smallest absolute Gasteiger partial charge is 0.494 e. The molecule has 0 saturated carbocycles. The number of benzene rings is 1. The maximum absolute atomic E-state index is 12.2. The van der Waals surface area contributed by atoms with Crippen molar-refractivity contribution in [2.24, 2.45) is 0 Å². The number of amides is 1. The van der Waals surface area contributed by atoms with E-state index in [1.54, 1.807) is 5.32 Å². The monoisotopic (exact) mass is 419 g/mol. The van der Waals surface area contributed by atoms with Crippen molar-refractivity contribution >= 4 is 11.8 Å². The van der Waals surface area contributed by atoms with Crippen LogP contribution in [0.1, 0.15) is 84.5 Å². The van der Waals surface area contributed by atoms with E-state index in [1.807, 2.05) is 31.2 Å². The fourth-order valence-electron chi connectivity index (χ4n) is 4.00. The second-order valence-electron chi connectivity index (χ2n) is 8.65. The lowest BCUT2D eigenvalue weighted by Gasteiger charge is -2.28. The van der Waals surface area contributed by atoms with Gasteiger partial charge in [0.1, 0.15) is 17.5 Å². The Morgan fingerprint density at radius 3 is 2.27 bits per heavy atom. The number of unbranched alkanes of at least 4 members (excludes halogenated alkanes) is 7. The third-order valence-electron chi connectivity index (χ3n) is 5.71. The summed E-state index contributed by atoms with van der Waals surface area (Å²) in [6.07, 6.45) is 13.9. The number of nitrogens with two attached hydrogens (primary N) is 1. The molecule has 1 amide bonds. The number of carbonyl (C=O) groups is 1. The molecule has 1 aromatic carbocycles. The Labute approximate surface area is 183 Å². The van der Waals surface area contributed by atoms with Gasteiger partial charge < -0.3 is 9.47 Å². The van der Waals surface area contributed by atoms with Gasteiger partial charge in [-0.15, -0.1) is 0 Å². The molecule has 30 heavy (non-hydrogen) atoms. The molecule has 0 spiro atoms. The normalized spacial score (nSPS) is 15.7. The van der Waals surface area contributed by atoms with E-state index in [4.69, 9.17) is 9.47 Å². The molecule has 0 radical (unpaired) electrons. The zero-order valence-electron chi connectivity index (χ0n) is 19.2.